The van der Waals surface area contributed by atoms with Gasteiger partial charge >= 0.3 is 0 Å². The van der Waals surface area contributed by atoms with Crippen molar-refractivity contribution in [2.45, 2.75) is 6.54 Å². The number of carbonyl (C=O) groups excluding carboxylic acids is 1. The number of nitro benzene ring substituents is 1. The highest BCUT2D eigenvalue weighted by Gasteiger charge is 2.16. The van der Waals surface area contributed by atoms with Crippen molar-refractivity contribution in [3.8, 4) is 0 Å². The summed E-state index contributed by atoms with van der Waals surface area (Å²) in [5.41, 5.74) is 3.38. The highest BCUT2D eigenvalue weighted by Crippen LogP contribution is 2.21. The monoisotopic (exact) mass is 290 g/mol. The van der Waals surface area contributed by atoms with Gasteiger partial charge in [0, 0.05) is 25.4 Å². The second-order valence-electron chi connectivity index (χ2n) is 4.26. The number of nitro groups is 1. The first-order valence-corrected chi connectivity index (χ1v) is 6.03. The van der Waals surface area contributed by atoms with Gasteiger partial charge in [-0.3, -0.25) is 25.4 Å². The fourth-order valence-electron chi connectivity index (χ4n) is 1.80. The van der Waals surface area contributed by atoms with Gasteiger partial charge in [-0.2, -0.15) is 5.10 Å². The highest BCUT2D eigenvalue weighted by atomic mass is 16.6. The Balaban J connectivity index is 2.19. The van der Waals surface area contributed by atoms with Gasteiger partial charge in [-0.25, -0.2) is 0 Å². The topological polar surface area (TPSA) is 128 Å². The molecule has 0 aliphatic heterocycles. The standard InChI is InChI=1S/C12H14N6O3/c1-17-9(4-5-15-17)7-14-12(19)10-6-8(18(20)21)2-3-11(10)16-13/h2-6,16H,7,13H2,1H3,(H,14,19). The molecular weight excluding hydrogens is 276 g/mol. The number of nitrogens with two attached hydrogens (primary N) is 1. The zero-order valence-corrected chi connectivity index (χ0v) is 11.2. The Kier molecular flexibility index (Phi) is 4.14. The largest absolute Gasteiger partial charge is 0.346 e. The normalized spacial score (nSPS) is 10.2. The molecule has 0 aliphatic carbocycles. The molecule has 0 atom stereocenters. The minimum atomic E-state index is -0.571. The molecule has 2 rings (SSSR count). The Hall–Kier alpha value is -2.94. The number of carbonyl (C=O) groups is 1. The van der Waals surface area contributed by atoms with Crippen LogP contribution in [0.2, 0.25) is 0 Å². The van der Waals surface area contributed by atoms with Crippen molar-refractivity contribution in [3.05, 3.63) is 51.8 Å². The van der Waals surface area contributed by atoms with E-state index in [-0.39, 0.29) is 17.8 Å². The van der Waals surface area contributed by atoms with Gasteiger partial charge in [0.05, 0.1) is 28.4 Å². The molecule has 4 N–H and O–H groups in total. The highest BCUT2D eigenvalue weighted by molar-refractivity contribution is 6.00. The summed E-state index contributed by atoms with van der Waals surface area (Å²) < 4.78 is 1.62. The molecule has 0 saturated carbocycles. The molecule has 9 nitrogen and oxygen atoms in total. The third-order valence-electron chi connectivity index (χ3n) is 2.97. The molecule has 1 amide bonds. The van der Waals surface area contributed by atoms with E-state index in [0.29, 0.717) is 5.69 Å². The number of hydrogen-bond donors (Lipinski definition) is 3. The van der Waals surface area contributed by atoms with Gasteiger partial charge in [-0.05, 0) is 12.1 Å². The summed E-state index contributed by atoms with van der Waals surface area (Å²) in [6.07, 6.45) is 1.61. The Bertz CT molecular complexity index is 681. The Labute approximate surface area is 119 Å². The predicted octanol–water partition coefficient (Wildman–Crippen LogP) is 0.544. The van der Waals surface area contributed by atoms with E-state index in [1.54, 1.807) is 24.0 Å². The lowest BCUT2D eigenvalue weighted by atomic mass is 10.1. The van der Waals surface area contributed by atoms with Crippen molar-refractivity contribution in [3.63, 3.8) is 0 Å². The number of nitrogen functional groups attached to an aromatic ring is 1. The fraction of sp³-hybridized carbons (Fsp3) is 0.167. The van der Waals surface area contributed by atoms with Crippen LogP contribution in [0.4, 0.5) is 11.4 Å². The molecule has 0 aliphatic rings. The van der Waals surface area contributed by atoms with Gasteiger partial charge in [0.2, 0.25) is 0 Å². The van der Waals surface area contributed by atoms with Crippen LogP contribution in [-0.2, 0) is 13.6 Å². The molecule has 1 aromatic heterocycles. The number of non-ortho nitro benzene ring substituents is 1. The maximum Gasteiger partial charge on any atom is 0.270 e. The van der Waals surface area contributed by atoms with E-state index in [1.807, 2.05) is 0 Å². The fourth-order valence-corrected chi connectivity index (χ4v) is 1.80. The van der Waals surface area contributed by atoms with Gasteiger partial charge in [0.15, 0.2) is 0 Å². The number of aryl methyl sites for hydroxylation is 1. The van der Waals surface area contributed by atoms with E-state index in [1.165, 1.54) is 18.2 Å². The van der Waals surface area contributed by atoms with Crippen molar-refractivity contribution in [2.24, 2.45) is 12.9 Å². The number of aromatic nitrogens is 2. The van der Waals surface area contributed by atoms with Crippen LogP contribution in [0.1, 0.15) is 16.1 Å². The Morgan fingerprint density at radius 2 is 2.24 bits per heavy atom. The molecule has 0 bridgehead atoms. The number of rotatable bonds is 5. The molecule has 9 heteroatoms. The lowest BCUT2D eigenvalue weighted by Gasteiger charge is -2.09. The second kappa shape index (κ2) is 6.01. The minimum Gasteiger partial charge on any atom is -0.346 e. The lowest BCUT2D eigenvalue weighted by Crippen LogP contribution is -2.25. The van der Waals surface area contributed by atoms with Crippen LogP contribution in [0.25, 0.3) is 0 Å². The summed E-state index contributed by atoms with van der Waals surface area (Å²) in [6.45, 7) is 0.252. The van der Waals surface area contributed by atoms with Crippen LogP contribution in [0.3, 0.4) is 0 Å². The van der Waals surface area contributed by atoms with Crippen LogP contribution >= 0.6 is 0 Å². The van der Waals surface area contributed by atoms with Gasteiger partial charge < -0.3 is 10.7 Å². The van der Waals surface area contributed by atoms with Gasteiger partial charge in [0.1, 0.15) is 0 Å². The van der Waals surface area contributed by atoms with Crippen molar-refractivity contribution in [2.75, 3.05) is 5.43 Å². The van der Waals surface area contributed by atoms with Crippen LogP contribution in [-0.4, -0.2) is 20.6 Å². The smallest absolute Gasteiger partial charge is 0.270 e. The first-order chi connectivity index (χ1) is 10.0. The first kappa shape index (κ1) is 14.5. The van der Waals surface area contributed by atoms with Gasteiger partial charge in [-0.15, -0.1) is 0 Å². The molecule has 1 heterocycles. The van der Waals surface area contributed by atoms with Crippen molar-refractivity contribution < 1.29 is 9.72 Å². The maximum atomic E-state index is 12.1. The Morgan fingerprint density at radius 1 is 1.48 bits per heavy atom. The summed E-state index contributed by atoms with van der Waals surface area (Å²) in [7, 11) is 1.75. The third-order valence-corrected chi connectivity index (χ3v) is 2.97. The van der Waals surface area contributed by atoms with Crippen LogP contribution in [0.5, 0.6) is 0 Å². The van der Waals surface area contributed by atoms with E-state index < -0.39 is 10.8 Å². The summed E-state index contributed by atoms with van der Waals surface area (Å²) >= 11 is 0. The second-order valence-corrected chi connectivity index (χ2v) is 4.26. The predicted molar refractivity (Wildman–Crippen MR) is 75.3 cm³/mol. The van der Waals surface area contributed by atoms with Crippen molar-refractivity contribution >= 4 is 17.3 Å². The van der Waals surface area contributed by atoms with Gasteiger partial charge in [-0.1, -0.05) is 0 Å². The lowest BCUT2D eigenvalue weighted by molar-refractivity contribution is -0.384. The maximum absolute atomic E-state index is 12.1. The van der Waals surface area contributed by atoms with Crippen LogP contribution < -0.4 is 16.6 Å². The number of nitrogens with one attached hydrogen (secondary N) is 2. The van der Waals surface area contributed by atoms with E-state index in [0.717, 1.165) is 5.69 Å². The van der Waals surface area contributed by atoms with Crippen molar-refractivity contribution in [1.82, 2.24) is 15.1 Å². The summed E-state index contributed by atoms with van der Waals surface area (Å²) in [4.78, 5) is 22.4. The summed E-state index contributed by atoms with van der Waals surface area (Å²) in [5, 5.41) is 17.4. The number of hydrogen-bond acceptors (Lipinski definition) is 6. The SMILES string of the molecule is Cn1nccc1CNC(=O)c1cc([N+](=O)[O-])ccc1NN. The molecule has 0 radical (unpaired) electrons. The first-order valence-electron chi connectivity index (χ1n) is 6.03. The zero-order valence-electron chi connectivity index (χ0n) is 11.2. The molecule has 21 heavy (non-hydrogen) atoms. The quantitative estimate of drug-likeness (QED) is 0.419. The molecule has 110 valence electrons. The van der Waals surface area contributed by atoms with Crippen molar-refractivity contribution in [1.29, 1.82) is 0 Å². The average molecular weight is 290 g/mol. The van der Waals surface area contributed by atoms with E-state index >= 15 is 0 Å². The number of anilines is 1. The van der Waals surface area contributed by atoms with E-state index in [4.69, 9.17) is 5.84 Å². The van der Waals surface area contributed by atoms with Crippen LogP contribution in [0, 0.1) is 10.1 Å². The molecule has 0 fully saturated rings. The molecule has 0 spiro atoms. The number of nitrogens with zero attached hydrogens (tertiary/aromatic N) is 3. The van der Waals surface area contributed by atoms with Crippen LogP contribution in [0.15, 0.2) is 30.5 Å². The third kappa shape index (κ3) is 3.15. The number of hydrazine groups is 1. The van der Waals surface area contributed by atoms with E-state index in [9.17, 15) is 14.9 Å². The Morgan fingerprint density at radius 3 is 2.81 bits per heavy atom. The molecule has 1 aromatic carbocycles. The number of amides is 1. The molecule has 0 saturated heterocycles. The average Bonchev–Trinajstić information content (AvgIpc) is 2.89. The molecular formula is C12H14N6O3. The van der Waals surface area contributed by atoms with Gasteiger partial charge in [0.25, 0.3) is 11.6 Å². The zero-order chi connectivity index (χ0) is 15.4. The summed E-state index contributed by atoms with van der Waals surface area (Å²) in [5.74, 6) is 4.85. The number of benzene rings is 1. The molecule has 2 aromatic rings. The van der Waals surface area contributed by atoms with E-state index in [2.05, 4.69) is 15.8 Å². The molecule has 0 unspecified atom stereocenters. The summed E-state index contributed by atoms with van der Waals surface area (Å²) in [6, 6.07) is 5.59. The minimum absolute atomic E-state index is 0.105.